The van der Waals surface area contributed by atoms with E-state index in [0.29, 0.717) is 13.4 Å². The molecule has 0 saturated carbocycles. The molecule has 0 unspecified atom stereocenters. The Hall–Kier alpha value is -0.200. The summed E-state index contributed by atoms with van der Waals surface area (Å²) in [5.74, 6) is 0. The molecule has 5 nitrogen and oxygen atoms in total. The van der Waals surface area contributed by atoms with Crippen LogP contribution in [0.1, 0.15) is 26.7 Å². The minimum absolute atomic E-state index is 0.0947. The molecule has 0 aromatic heterocycles. The summed E-state index contributed by atoms with van der Waals surface area (Å²) < 4.78 is 21.2. The number of aliphatic hydroxyl groups is 1. The van der Waals surface area contributed by atoms with Crippen molar-refractivity contribution in [3.05, 3.63) is 0 Å². The lowest BCUT2D eigenvalue weighted by Crippen LogP contribution is -2.20. The van der Waals surface area contributed by atoms with Crippen LogP contribution in [0, 0.1) is 0 Å². The molecule has 4 atom stereocenters. The lowest BCUT2D eigenvalue weighted by Gasteiger charge is -2.06. The van der Waals surface area contributed by atoms with Crippen LogP contribution in [0.5, 0.6) is 0 Å². The molecule has 2 heterocycles. The molecule has 100 valence electrons. The van der Waals surface area contributed by atoms with Crippen LogP contribution in [-0.2, 0) is 18.9 Å². The van der Waals surface area contributed by atoms with Gasteiger partial charge in [-0.2, -0.15) is 0 Å². The fraction of sp³-hybridized carbons (Fsp3) is 1.00. The molecule has 0 spiro atoms. The average Bonchev–Trinajstić information content (AvgIpc) is 3.15. The number of epoxide rings is 2. The Morgan fingerprint density at radius 3 is 2.24 bits per heavy atom. The van der Waals surface area contributed by atoms with Gasteiger partial charge in [0.15, 0.2) is 0 Å². The SMILES string of the molecule is COCOC[C@]1(C)O[C@H]1CC[C@H]1O[C@]1(C)CO. The Morgan fingerprint density at radius 2 is 1.71 bits per heavy atom. The zero-order chi connectivity index (χ0) is 12.5. The molecule has 2 rings (SSSR count). The summed E-state index contributed by atoms with van der Waals surface area (Å²) in [5.41, 5.74) is -0.471. The number of ether oxygens (including phenoxy) is 4. The molecule has 2 aliphatic rings. The first-order chi connectivity index (χ1) is 8.04. The van der Waals surface area contributed by atoms with Gasteiger partial charge in [-0.25, -0.2) is 0 Å². The third-order valence-electron chi connectivity index (χ3n) is 3.67. The highest BCUT2D eigenvalue weighted by Crippen LogP contribution is 2.44. The molecule has 17 heavy (non-hydrogen) atoms. The fourth-order valence-corrected chi connectivity index (χ4v) is 2.21. The third kappa shape index (κ3) is 2.98. The minimum atomic E-state index is -0.308. The Kier molecular flexibility index (Phi) is 3.75. The summed E-state index contributed by atoms with van der Waals surface area (Å²) >= 11 is 0. The molecular formula is C12H22O5. The third-order valence-corrected chi connectivity index (χ3v) is 3.67. The molecule has 0 radical (unpaired) electrons. The van der Waals surface area contributed by atoms with E-state index in [1.54, 1.807) is 7.11 Å². The highest BCUT2D eigenvalue weighted by atomic mass is 16.7. The maximum atomic E-state index is 9.07. The topological polar surface area (TPSA) is 63.8 Å². The fourth-order valence-electron chi connectivity index (χ4n) is 2.21. The average molecular weight is 246 g/mol. The summed E-state index contributed by atoms with van der Waals surface area (Å²) in [6.45, 7) is 4.95. The summed E-state index contributed by atoms with van der Waals surface area (Å²) in [4.78, 5) is 0. The van der Waals surface area contributed by atoms with Crippen molar-refractivity contribution in [2.45, 2.75) is 50.1 Å². The lowest BCUT2D eigenvalue weighted by atomic mass is 10.00. The monoisotopic (exact) mass is 246 g/mol. The van der Waals surface area contributed by atoms with Crippen molar-refractivity contribution in [2.75, 3.05) is 27.1 Å². The second kappa shape index (κ2) is 4.82. The van der Waals surface area contributed by atoms with Crippen LogP contribution in [0.15, 0.2) is 0 Å². The van der Waals surface area contributed by atoms with Gasteiger partial charge in [-0.3, -0.25) is 0 Å². The van der Waals surface area contributed by atoms with E-state index < -0.39 is 0 Å². The Bertz CT molecular complexity index is 272. The second-order valence-corrected chi connectivity index (χ2v) is 5.33. The van der Waals surface area contributed by atoms with E-state index in [9.17, 15) is 0 Å². The van der Waals surface area contributed by atoms with Crippen molar-refractivity contribution in [3.63, 3.8) is 0 Å². The number of hydrogen-bond acceptors (Lipinski definition) is 5. The molecule has 0 aromatic rings. The summed E-state index contributed by atoms with van der Waals surface area (Å²) in [6, 6.07) is 0. The smallest absolute Gasteiger partial charge is 0.146 e. The van der Waals surface area contributed by atoms with Crippen molar-refractivity contribution < 1.29 is 24.1 Å². The van der Waals surface area contributed by atoms with Crippen molar-refractivity contribution in [1.29, 1.82) is 0 Å². The van der Waals surface area contributed by atoms with Gasteiger partial charge >= 0.3 is 0 Å². The van der Waals surface area contributed by atoms with Crippen LogP contribution in [0.2, 0.25) is 0 Å². The molecular weight excluding hydrogens is 224 g/mol. The summed E-state index contributed by atoms with van der Waals surface area (Å²) in [5, 5.41) is 9.07. The Balaban J connectivity index is 1.60. The van der Waals surface area contributed by atoms with E-state index in [2.05, 4.69) is 0 Å². The second-order valence-electron chi connectivity index (χ2n) is 5.33. The Labute approximate surface area is 102 Å². The van der Waals surface area contributed by atoms with Crippen LogP contribution < -0.4 is 0 Å². The van der Waals surface area contributed by atoms with Gasteiger partial charge in [0.1, 0.15) is 18.0 Å². The van der Waals surface area contributed by atoms with Crippen molar-refractivity contribution in [1.82, 2.24) is 0 Å². The van der Waals surface area contributed by atoms with Crippen molar-refractivity contribution >= 4 is 0 Å². The van der Waals surface area contributed by atoms with Gasteiger partial charge in [-0.05, 0) is 26.7 Å². The highest BCUT2D eigenvalue weighted by molar-refractivity contribution is 5.03. The van der Waals surface area contributed by atoms with E-state index in [-0.39, 0.29) is 30.0 Å². The zero-order valence-corrected chi connectivity index (χ0v) is 10.8. The summed E-state index contributed by atoms with van der Waals surface area (Å²) in [6.07, 6.45) is 2.31. The molecule has 0 aliphatic carbocycles. The molecule has 2 aliphatic heterocycles. The zero-order valence-electron chi connectivity index (χ0n) is 10.8. The largest absolute Gasteiger partial charge is 0.393 e. The van der Waals surface area contributed by atoms with Crippen LogP contribution in [0.25, 0.3) is 0 Å². The quantitative estimate of drug-likeness (QED) is 0.388. The number of rotatable bonds is 8. The first-order valence-corrected chi connectivity index (χ1v) is 6.07. The Morgan fingerprint density at radius 1 is 1.12 bits per heavy atom. The van der Waals surface area contributed by atoms with Gasteiger partial charge < -0.3 is 24.1 Å². The van der Waals surface area contributed by atoms with Gasteiger partial charge in [0.25, 0.3) is 0 Å². The van der Waals surface area contributed by atoms with E-state index in [0.717, 1.165) is 12.8 Å². The molecule has 0 bridgehead atoms. The standard InChI is InChI=1S/C12H22O5/c1-11(6-13)9(16-11)4-5-10-12(2,17-10)7-15-8-14-3/h9-10,13H,4-8H2,1-3H3/t9-,10+,11-,12+/m1/s1. The van der Waals surface area contributed by atoms with Crippen LogP contribution >= 0.6 is 0 Å². The van der Waals surface area contributed by atoms with Gasteiger partial charge in [-0.15, -0.1) is 0 Å². The van der Waals surface area contributed by atoms with E-state index in [1.807, 2.05) is 13.8 Å². The first kappa shape index (κ1) is 13.2. The maximum absolute atomic E-state index is 9.07. The molecule has 0 aromatic carbocycles. The van der Waals surface area contributed by atoms with Crippen LogP contribution in [-0.4, -0.2) is 55.6 Å². The number of hydrogen-bond donors (Lipinski definition) is 1. The number of aliphatic hydroxyl groups excluding tert-OH is 1. The highest BCUT2D eigenvalue weighted by Gasteiger charge is 2.56. The van der Waals surface area contributed by atoms with Crippen molar-refractivity contribution in [3.8, 4) is 0 Å². The first-order valence-electron chi connectivity index (χ1n) is 6.07. The van der Waals surface area contributed by atoms with E-state index in [1.165, 1.54) is 0 Å². The summed E-state index contributed by atoms with van der Waals surface area (Å²) in [7, 11) is 1.60. The van der Waals surface area contributed by atoms with E-state index >= 15 is 0 Å². The maximum Gasteiger partial charge on any atom is 0.146 e. The van der Waals surface area contributed by atoms with Crippen LogP contribution in [0.3, 0.4) is 0 Å². The molecule has 1 N–H and O–H groups in total. The van der Waals surface area contributed by atoms with Gasteiger partial charge in [0.2, 0.25) is 0 Å². The molecule has 5 heteroatoms. The normalized spacial score (nSPS) is 43.8. The molecule has 0 amide bonds. The van der Waals surface area contributed by atoms with Crippen molar-refractivity contribution in [2.24, 2.45) is 0 Å². The molecule has 2 fully saturated rings. The predicted octanol–water partition coefficient (Wildman–Crippen LogP) is 0.694. The van der Waals surface area contributed by atoms with E-state index in [4.69, 9.17) is 24.1 Å². The van der Waals surface area contributed by atoms with Crippen LogP contribution in [0.4, 0.5) is 0 Å². The molecule has 2 saturated heterocycles. The number of methoxy groups -OCH3 is 1. The minimum Gasteiger partial charge on any atom is -0.393 e. The van der Waals surface area contributed by atoms with Gasteiger partial charge in [-0.1, -0.05) is 0 Å². The predicted molar refractivity (Wildman–Crippen MR) is 60.7 cm³/mol. The lowest BCUT2D eigenvalue weighted by molar-refractivity contribution is -0.0463. The van der Waals surface area contributed by atoms with Gasteiger partial charge in [0.05, 0.1) is 25.4 Å². The van der Waals surface area contributed by atoms with Gasteiger partial charge in [0, 0.05) is 7.11 Å².